The van der Waals surface area contributed by atoms with Gasteiger partial charge in [0.15, 0.2) is 0 Å². The first kappa shape index (κ1) is 7.73. The maximum Gasteiger partial charge on any atom is 0.347 e. The van der Waals surface area contributed by atoms with Crippen molar-refractivity contribution >= 4 is 0 Å². The minimum absolute atomic E-state index is 0.0631. The van der Waals surface area contributed by atoms with Crippen LogP contribution in [-0.2, 0) is 0 Å². The van der Waals surface area contributed by atoms with Gasteiger partial charge in [-0.1, -0.05) is 5.10 Å². The zero-order chi connectivity index (χ0) is 10.1. The molecule has 0 fully saturated rings. The van der Waals surface area contributed by atoms with Gasteiger partial charge in [0.2, 0.25) is 12.7 Å². The Labute approximate surface area is 80.9 Å². The van der Waals surface area contributed by atoms with E-state index < -0.39 is 0 Å². The summed E-state index contributed by atoms with van der Waals surface area (Å²) in [6, 6.07) is 0.0631. The second kappa shape index (κ2) is 2.94. The first-order valence-corrected chi connectivity index (χ1v) is 3.70. The lowest BCUT2D eigenvalue weighted by molar-refractivity contribution is 0.482. The maximum atomic E-state index is 5.14. The minimum Gasteiger partial charge on any atom is -0.420 e. The predicted molar refractivity (Wildman–Crippen MR) is 39.1 cm³/mol. The number of tetrazole rings is 1. The van der Waals surface area contributed by atoms with Crippen molar-refractivity contribution in [2.24, 2.45) is 0 Å². The van der Waals surface area contributed by atoms with Crippen LogP contribution in [0, 0.1) is 6.33 Å². The highest BCUT2D eigenvalue weighted by Gasteiger charge is 2.14. The topological polar surface area (TPSA) is 121 Å². The molecule has 3 aromatic heterocycles. The summed E-state index contributed by atoms with van der Waals surface area (Å²) >= 11 is 0. The summed E-state index contributed by atoms with van der Waals surface area (Å²) in [4.78, 5) is 0. The molecule has 0 aliphatic heterocycles. The second-order valence-corrected chi connectivity index (χ2v) is 2.32. The number of hydrogen-bond acceptors (Lipinski definition) is 9. The molecule has 0 aliphatic rings. The summed E-state index contributed by atoms with van der Waals surface area (Å²) in [5.41, 5.74) is 0. The van der Waals surface area contributed by atoms with Crippen LogP contribution in [0.15, 0.2) is 15.2 Å². The molecule has 0 unspecified atom stereocenters. The van der Waals surface area contributed by atoms with E-state index in [-0.39, 0.29) is 17.8 Å². The van der Waals surface area contributed by atoms with Gasteiger partial charge in [-0.2, -0.15) is 0 Å². The summed E-state index contributed by atoms with van der Waals surface area (Å²) in [5.74, 6) is 0.216. The Hall–Kier alpha value is -2.65. The van der Waals surface area contributed by atoms with E-state index in [0.717, 1.165) is 11.1 Å². The molecule has 73 valence electrons. The van der Waals surface area contributed by atoms with Gasteiger partial charge in [-0.25, -0.2) is 0 Å². The molecule has 3 rings (SSSR count). The molecule has 0 aliphatic carbocycles. The molecule has 0 amide bonds. The van der Waals surface area contributed by atoms with Crippen LogP contribution in [0.5, 0.6) is 0 Å². The highest BCUT2D eigenvalue weighted by Crippen LogP contribution is 2.14. The van der Waals surface area contributed by atoms with E-state index in [1.165, 1.54) is 0 Å². The Bertz CT molecular complexity index is 491. The third-order valence-electron chi connectivity index (χ3n) is 1.45. The summed E-state index contributed by atoms with van der Waals surface area (Å²) in [7, 11) is 0. The number of aromatic nitrogens is 8. The molecule has 0 saturated carbocycles. The van der Waals surface area contributed by atoms with Gasteiger partial charge < -0.3 is 8.83 Å². The lowest BCUT2D eigenvalue weighted by atomic mass is 10.7. The Morgan fingerprint density at radius 3 is 2.93 bits per heavy atom. The summed E-state index contributed by atoms with van der Waals surface area (Å²) < 4.78 is 11.1. The molecule has 15 heavy (non-hydrogen) atoms. The Kier molecular flexibility index (Phi) is 1.51. The third-order valence-corrected chi connectivity index (χ3v) is 1.45. The van der Waals surface area contributed by atoms with Crippen LogP contribution >= 0.6 is 0 Å². The van der Waals surface area contributed by atoms with Crippen LogP contribution in [-0.4, -0.2) is 40.6 Å². The largest absolute Gasteiger partial charge is 0.420 e. The Morgan fingerprint density at radius 2 is 2.20 bits per heavy atom. The molecule has 0 spiro atoms. The molecule has 10 nitrogen and oxygen atoms in total. The molecule has 0 aromatic carbocycles. The Balaban J connectivity index is 2.02. The zero-order valence-corrected chi connectivity index (χ0v) is 6.97. The molecule has 3 aromatic rings. The molecular weight excluding hydrogens is 204 g/mol. The van der Waals surface area contributed by atoms with Gasteiger partial charge in [-0.3, -0.25) is 0 Å². The quantitative estimate of drug-likeness (QED) is 0.512. The number of nitrogens with zero attached hydrogens (tertiary/aromatic N) is 8. The average Bonchev–Trinajstić information content (AvgIpc) is 3.02. The molecule has 0 saturated heterocycles. The van der Waals surface area contributed by atoms with E-state index in [4.69, 9.17) is 8.83 Å². The first-order chi connectivity index (χ1) is 7.43. The lowest BCUT2D eigenvalue weighted by Crippen LogP contribution is -1.95. The van der Waals surface area contributed by atoms with Gasteiger partial charge >= 0.3 is 17.8 Å². The van der Waals surface area contributed by atoms with Crippen molar-refractivity contribution in [3.05, 3.63) is 12.7 Å². The smallest absolute Gasteiger partial charge is 0.347 e. The second-order valence-electron chi connectivity index (χ2n) is 2.32. The third kappa shape index (κ3) is 1.23. The van der Waals surface area contributed by atoms with Crippen molar-refractivity contribution in [1.82, 2.24) is 40.6 Å². The zero-order valence-electron chi connectivity index (χ0n) is 6.97. The summed E-state index contributed by atoms with van der Waals surface area (Å²) in [5, 5.41) is 24.6. The molecule has 0 atom stereocenters. The molecular formula is C5HN8O2. The summed E-state index contributed by atoms with van der Waals surface area (Å²) in [6.45, 7) is 0. The van der Waals surface area contributed by atoms with Crippen molar-refractivity contribution in [3.8, 4) is 17.8 Å². The van der Waals surface area contributed by atoms with Crippen LogP contribution in [0.4, 0.5) is 0 Å². The van der Waals surface area contributed by atoms with Crippen molar-refractivity contribution in [2.75, 3.05) is 0 Å². The monoisotopic (exact) mass is 205 g/mol. The fourth-order valence-corrected chi connectivity index (χ4v) is 0.877. The van der Waals surface area contributed by atoms with Crippen LogP contribution in [0.1, 0.15) is 0 Å². The Morgan fingerprint density at radius 1 is 1.20 bits per heavy atom. The predicted octanol–water partition coefficient (Wildman–Crippen LogP) is -1.10. The normalized spacial score (nSPS) is 10.7. The average molecular weight is 205 g/mol. The van der Waals surface area contributed by atoms with Crippen molar-refractivity contribution in [2.45, 2.75) is 0 Å². The van der Waals surface area contributed by atoms with Crippen molar-refractivity contribution < 1.29 is 8.83 Å². The van der Waals surface area contributed by atoms with Crippen LogP contribution in [0.3, 0.4) is 0 Å². The van der Waals surface area contributed by atoms with Gasteiger partial charge in [0, 0.05) is 0 Å². The van der Waals surface area contributed by atoms with Crippen molar-refractivity contribution in [1.29, 1.82) is 0 Å². The fourth-order valence-electron chi connectivity index (χ4n) is 0.877. The maximum absolute atomic E-state index is 5.14. The van der Waals surface area contributed by atoms with Gasteiger partial charge in [0.25, 0.3) is 0 Å². The van der Waals surface area contributed by atoms with Gasteiger partial charge in [-0.05, 0) is 10.4 Å². The van der Waals surface area contributed by atoms with Gasteiger partial charge in [0.05, 0.1) is 0 Å². The summed E-state index contributed by atoms with van der Waals surface area (Å²) in [6.07, 6.45) is 3.55. The molecule has 10 heteroatoms. The lowest BCUT2D eigenvalue weighted by Gasteiger charge is -1.85. The molecule has 3 heterocycles. The van der Waals surface area contributed by atoms with E-state index in [0.29, 0.717) is 0 Å². The number of hydrogen-bond donors (Lipinski definition) is 0. The van der Waals surface area contributed by atoms with E-state index in [2.05, 4.69) is 42.2 Å². The molecule has 0 N–H and O–H groups in total. The highest BCUT2D eigenvalue weighted by molar-refractivity contribution is 5.34. The van der Waals surface area contributed by atoms with Crippen LogP contribution in [0.2, 0.25) is 0 Å². The van der Waals surface area contributed by atoms with Crippen molar-refractivity contribution in [3.63, 3.8) is 0 Å². The number of rotatable bonds is 2. The van der Waals surface area contributed by atoms with Gasteiger partial charge in [-0.15, -0.1) is 25.1 Å². The molecule has 0 bridgehead atoms. The van der Waals surface area contributed by atoms with E-state index in [9.17, 15) is 0 Å². The fraction of sp³-hybridized carbons (Fsp3) is 0. The van der Waals surface area contributed by atoms with Crippen LogP contribution < -0.4 is 0 Å². The molecule has 1 radical (unpaired) electrons. The first-order valence-electron chi connectivity index (χ1n) is 3.70. The van der Waals surface area contributed by atoms with Crippen LogP contribution in [0.25, 0.3) is 17.8 Å². The van der Waals surface area contributed by atoms with E-state index in [1.807, 2.05) is 0 Å². The van der Waals surface area contributed by atoms with E-state index >= 15 is 0 Å². The highest BCUT2D eigenvalue weighted by atomic mass is 16.4. The standard InChI is InChI=1S/C5HN8O2/c1-6-11-12-13(1)5-10-9-4(15-5)3-8-7-2-14-3/h2H. The van der Waals surface area contributed by atoms with E-state index in [1.54, 1.807) is 0 Å². The minimum atomic E-state index is 0.0631. The SMILES string of the molecule is [c]1nnnn1-c1nnc(-c2nnco2)o1. The van der Waals surface area contributed by atoms with Gasteiger partial charge in [0.1, 0.15) is 0 Å².